The maximum atomic E-state index is 12.7. The van der Waals surface area contributed by atoms with Crippen molar-refractivity contribution in [2.75, 3.05) is 6.54 Å². The molecule has 2 aromatic rings. The van der Waals surface area contributed by atoms with Gasteiger partial charge < -0.3 is 15.7 Å². The highest BCUT2D eigenvalue weighted by atomic mass is 127. The molecule has 0 radical (unpaired) electrons. The molecule has 0 aliphatic heterocycles. The number of nitrogens with one attached hydrogen (secondary N) is 2. The number of phenolic OH excluding ortho intramolecular Hbond substituents is 1. The van der Waals surface area contributed by atoms with Gasteiger partial charge in [-0.25, -0.2) is 0 Å². The van der Waals surface area contributed by atoms with E-state index in [-0.39, 0.29) is 24.3 Å². The number of aromatic hydroxyl groups is 1. The second-order valence-corrected chi connectivity index (χ2v) is 8.41. The lowest BCUT2D eigenvalue weighted by Crippen LogP contribution is -2.48. The van der Waals surface area contributed by atoms with Crippen LogP contribution in [0.5, 0.6) is 5.75 Å². The third-order valence-electron chi connectivity index (χ3n) is 3.95. The van der Waals surface area contributed by atoms with Crippen molar-refractivity contribution in [1.82, 2.24) is 10.6 Å². The maximum Gasteiger partial charge on any atom is 0.416 e. The zero-order valence-corrected chi connectivity index (χ0v) is 19.4. The van der Waals surface area contributed by atoms with Crippen LogP contribution in [0.2, 0.25) is 0 Å². The summed E-state index contributed by atoms with van der Waals surface area (Å²) in [6.07, 6.45) is -4.47. The van der Waals surface area contributed by atoms with E-state index in [1.165, 1.54) is 0 Å². The van der Waals surface area contributed by atoms with Crippen LogP contribution >= 0.6 is 45.2 Å². The molecule has 0 spiro atoms. The van der Waals surface area contributed by atoms with Gasteiger partial charge in [0, 0.05) is 12.0 Å². The van der Waals surface area contributed by atoms with Gasteiger partial charge in [0.15, 0.2) is 0 Å². The van der Waals surface area contributed by atoms with E-state index in [1.54, 1.807) is 18.2 Å². The number of hydrogen-bond donors (Lipinski definition) is 3. The Bertz CT molecular complexity index is 966. The molecule has 0 saturated heterocycles. The lowest BCUT2D eigenvalue weighted by atomic mass is 10.0. The highest BCUT2D eigenvalue weighted by molar-refractivity contribution is 14.1. The van der Waals surface area contributed by atoms with Crippen LogP contribution in [-0.4, -0.2) is 29.5 Å². The zero-order valence-electron chi connectivity index (χ0n) is 15.1. The monoisotopic (exact) mass is 643 g/mol. The highest BCUT2D eigenvalue weighted by Gasteiger charge is 2.30. The van der Waals surface area contributed by atoms with Gasteiger partial charge in [0.2, 0.25) is 5.91 Å². The number of carbonyl (C=O) groups excluding carboxylic acids is 2. The van der Waals surface area contributed by atoms with Gasteiger partial charge in [0.05, 0.1) is 18.8 Å². The largest absolute Gasteiger partial charge is 0.506 e. The van der Waals surface area contributed by atoms with Gasteiger partial charge in [-0.05, 0) is 87.1 Å². The van der Waals surface area contributed by atoms with Crippen LogP contribution in [0, 0.1) is 18.5 Å². The first-order chi connectivity index (χ1) is 14.0. The van der Waals surface area contributed by atoms with Gasteiger partial charge in [-0.2, -0.15) is 18.4 Å². The molecule has 0 aliphatic rings. The van der Waals surface area contributed by atoms with Crippen molar-refractivity contribution in [3.05, 3.63) is 60.2 Å². The Morgan fingerprint density at radius 1 is 1.13 bits per heavy atom. The number of phenols is 1. The van der Waals surface area contributed by atoms with Crippen LogP contribution in [0.15, 0.2) is 36.4 Å². The SMILES string of the molecule is N#CCNC(=O)[C@H](Cc1cc(I)c(O)c(I)c1)NC(=O)c1ccc(C(F)(F)F)cc1. The van der Waals surface area contributed by atoms with Crippen LogP contribution in [0.1, 0.15) is 21.5 Å². The molecular weight excluding hydrogens is 629 g/mol. The Morgan fingerprint density at radius 2 is 1.70 bits per heavy atom. The molecule has 0 unspecified atom stereocenters. The minimum Gasteiger partial charge on any atom is -0.506 e. The van der Waals surface area contributed by atoms with Crippen molar-refractivity contribution < 1.29 is 27.9 Å². The summed E-state index contributed by atoms with van der Waals surface area (Å²) in [6.45, 7) is -0.268. The Labute approximate surface area is 197 Å². The summed E-state index contributed by atoms with van der Waals surface area (Å²) < 4.78 is 39.2. The number of hydrogen-bond acceptors (Lipinski definition) is 4. The number of alkyl halides is 3. The first kappa shape index (κ1) is 24.2. The molecule has 0 heterocycles. The normalized spacial score (nSPS) is 12.0. The fourth-order valence-electron chi connectivity index (χ4n) is 2.48. The Kier molecular flexibility index (Phi) is 8.30. The molecule has 0 aliphatic carbocycles. The number of rotatable bonds is 6. The van der Waals surface area contributed by atoms with Gasteiger partial charge in [-0.1, -0.05) is 0 Å². The van der Waals surface area contributed by atoms with Gasteiger partial charge in [0.1, 0.15) is 18.3 Å². The number of carbonyl (C=O) groups is 2. The molecule has 0 bridgehead atoms. The molecule has 2 rings (SSSR count). The molecule has 0 aromatic heterocycles. The average Bonchev–Trinajstić information content (AvgIpc) is 2.69. The summed E-state index contributed by atoms with van der Waals surface area (Å²) in [5.41, 5.74) is -0.294. The maximum absolute atomic E-state index is 12.7. The fourth-order valence-corrected chi connectivity index (χ4v) is 4.38. The van der Waals surface area contributed by atoms with E-state index in [4.69, 9.17) is 5.26 Å². The Balaban J connectivity index is 2.24. The second-order valence-electron chi connectivity index (χ2n) is 6.09. The van der Waals surface area contributed by atoms with E-state index in [1.807, 2.05) is 45.2 Å². The third-order valence-corrected chi connectivity index (χ3v) is 5.60. The standard InChI is InChI=1S/C19H14F3I2N3O3/c20-19(21,22)12-3-1-11(2-4-12)17(29)27-15(18(30)26-6-5-25)9-10-7-13(23)16(28)14(24)8-10/h1-4,7-8,15,28H,6,9H2,(H,26,30)(H,27,29)/t15-/m0/s1. The Hall–Kier alpha value is -2.08. The molecule has 6 nitrogen and oxygen atoms in total. The topological polar surface area (TPSA) is 102 Å². The van der Waals surface area contributed by atoms with Gasteiger partial charge in [0.25, 0.3) is 5.91 Å². The molecule has 30 heavy (non-hydrogen) atoms. The lowest BCUT2D eigenvalue weighted by molar-refractivity contribution is -0.137. The molecule has 158 valence electrons. The first-order valence-corrected chi connectivity index (χ1v) is 10.5. The average molecular weight is 643 g/mol. The molecule has 0 saturated carbocycles. The first-order valence-electron chi connectivity index (χ1n) is 8.32. The summed E-state index contributed by atoms with van der Waals surface area (Å²) in [6, 6.07) is 7.58. The molecule has 2 amide bonds. The van der Waals surface area contributed by atoms with Crippen LogP contribution < -0.4 is 10.6 Å². The summed E-state index contributed by atoms with van der Waals surface area (Å²) in [4.78, 5) is 24.9. The van der Waals surface area contributed by atoms with E-state index in [0.717, 1.165) is 24.3 Å². The fraction of sp³-hybridized carbons (Fsp3) is 0.211. The summed E-state index contributed by atoms with van der Waals surface area (Å²) in [5, 5.41) is 23.4. The second kappa shape index (κ2) is 10.3. The van der Waals surface area contributed by atoms with Crippen molar-refractivity contribution in [1.29, 1.82) is 5.26 Å². The van der Waals surface area contributed by atoms with Crippen molar-refractivity contribution in [3.8, 4) is 11.8 Å². The number of nitriles is 1. The number of amides is 2. The predicted molar refractivity (Wildman–Crippen MR) is 119 cm³/mol. The van der Waals surface area contributed by atoms with E-state index >= 15 is 0 Å². The summed E-state index contributed by atoms with van der Waals surface area (Å²) in [7, 11) is 0. The molecule has 1 atom stereocenters. The smallest absolute Gasteiger partial charge is 0.416 e. The number of halogens is 5. The van der Waals surface area contributed by atoms with Crippen LogP contribution in [0.25, 0.3) is 0 Å². The third kappa shape index (κ3) is 6.46. The molecule has 3 N–H and O–H groups in total. The zero-order chi connectivity index (χ0) is 22.5. The van der Waals surface area contributed by atoms with Crippen molar-refractivity contribution >= 4 is 57.0 Å². The van der Waals surface area contributed by atoms with E-state index in [9.17, 15) is 27.9 Å². The van der Waals surface area contributed by atoms with Gasteiger partial charge in [-0.15, -0.1) is 0 Å². The quantitative estimate of drug-likeness (QED) is 0.331. The van der Waals surface area contributed by atoms with Crippen molar-refractivity contribution in [3.63, 3.8) is 0 Å². The minimum atomic E-state index is -4.53. The van der Waals surface area contributed by atoms with E-state index in [2.05, 4.69) is 10.6 Å². The Morgan fingerprint density at radius 3 is 2.20 bits per heavy atom. The number of benzene rings is 2. The van der Waals surface area contributed by atoms with Crippen molar-refractivity contribution in [2.24, 2.45) is 0 Å². The number of nitrogens with zero attached hydrogens (tertiary/aromatic N) is 1. The molecule has 2 aromatic carbocycles. The van der Waals surface area contributed by atoms with E-state index < -0.39 is 29.6 Å². The lowest BCUT2D eigenvalue weighted by Gasteiger charge is -2.19. The molecule has 11 heteroatoms. The van der Waals surface area contributed by atoms with Gasteiger partial charge in [-0.3, -0.25) is 9.59 Å². The van der Waals surface area contributed by atoms with Crippen LogP contribution in [0.3, 0.4) is 0 Å². The predicted octanol–water partition coefficient (Wildman–Crippen LogP) is 3.60. The van der Waals surface area contributed by atoms with Crippen LogP contribution in [-0.2, 0) is 17.4 Å². The summed E-state index contributed by atoms with van der Waals surface area (Å²) in [5.74, 6) is -1.25. The van der Waals surface area contributed by atoms with Crippen molar-refractivity contribution in [2.45, 2.75) is 18.6 Å². The van der Waals surface area contributed by atoms with Gasteiger partial charge >= 0.3 is 6.18 Å². The molecular formula is C19H14F3I2N3O3. The van der Waals surface area contributed by atoms with Crippen LogP contribution in [0.4, 0.5) is 13.2 Å². The minimum absolute atomic E-state index is 0.0454. The van der Waals surface area contributed by atoms with E-state index in [0.29, 0.717) is 12.7 Å². The summed E-state index contributed by atoms with van der Waals surface area (Å²) >= 11 is 3.86. The molecule has 0 fully saturated rings. The highest BCUT2D eigenvalue weighted by Crippen LogP contribution is 2.29.